The van der Waals surface area contributed by atoms with Crippen LogP contribution >= 0.6 is 0 Å². The number of rotatable bonds is 5. The minimum absolute atomic E-state index is 0.0533. The van der Waals surface area contributed by atoms with Crippen LogP contribution in [0.4, 0.5) is 5.69 Å². The van der Waals surface area contributed by atoms with E-state index in [1.807, 2.05) is 0 Å². The molecule has 1 aromatic carbocycles. The van der Waals surface area contributed by atoms with Crippen molar-refractivity contribution in [1.29, 1.82) is 0 Å². The largest absolute Gasteiger partial charge is 0.481 e. The van der Waals surface area contributed by atoms with Crippen molar-refractivity contribution in [3.63, 3.8) is 0 Å². The van der Waals surface area contributed by atoms with Gasteiger partial charge in [-0.15, -0.1) is 0 Å². The van der Waals surface area contributed by atoms with E-state index >= 15 is 0 Å². The number of carbonyl (C=O) groups excluding carboxylic acids is 1. The van der Waals surface area contributed by atoms with Crippen LogP contribution in [0.25, 0.3) is 0 Å². The van der Waals surface area contributed by atoms with Crippen LogP contribution in [-0.4, -0.2) is 17.0 Å². The molecule has 4 N–H and O–H groups in total. The first-order valence-electron chi connectivity index (χ1n) is 5.94. The normalized spacial score (nSPS) is 16.1. The molecule has 1 saturated carbocycles. The molecule has 18 heavy (non-hydrogen) atoms. The second-order valence-corrected chi connectivity index (χ2v) is 4.59. The van der Waals surface area contributed by atoms with E-state index in [0.717, 1.165) is 24.1 Å². The third-order valence-corrected chi connectivity index (χ3v) is 2.95. The molecule has 5 nitrogen and oxygen atoms in total. The zero-order chi connectivity index (χ0) is 13.1. The fourth-order valence-corrected chi connectivity index (χ4v) is 1.71. The maximum Gasteiger partial charge on any atom is 0.305 e. The third-order valence-electron chi connectivity index (χ3n) is 2.95. The van der Waals surface area contributed by atoms with Crippen molar-refractivity contribution < 1.29 is 14.7 Å². The van der Waals surface area contributed by atoms with Gasteiger partial charge in [-0.1, -0.05) is 12.1 Å². The summed E-state index contributed by atoms with van der Waals surface area (Å²) in [4.78, 5) is 22.1. The third kappa shape index (κ3) is 3.30. The predicted octanol–water partition coefficient (Wildman–Crippen LogP) is 1.51. The van der Waals surface area contributed by atoms with Gasteiger partial charge in [-0.05, 0) is 30.5 Å². The molecule has 1 aliphatic carbocycles. The van der Waals surface area contributed by atoms with Gasteiger partial charge in [0.05, 0.1) is 6.42 Å². The van der Waals surface area contributed by atoms with E-state index in [2.05, 4.69) is 5.32 Å². The van der Waals surface area contributed by atoms with E-state index in [1.54, 1.807) is 24.3 Å². The van der Waals surface area contributed by atoms with E-state index in [0.29, 0.717) is 0 Å². The molecule has 1 atom stereocenters. The summed E-state index contributed by atoms with van der Waals surface area (Å²) >= 11 is 0. The van der Waals surface area contributed by atoms with Gasteiger partial charge in [-0.25, -0.2) is 0 Å². The number of benzene rings is 1. The van der Waals surface area contributed by atoms with Crippen molar-refractivity contribution in [1.82, 2.24) is 0 Å². The van der Waals surface area contributed by atoms with Gasteiger partial charge in [0.1, 0.15) is 0 Å². The summed E-state index contributed by atoms with van der Waals surface area (Å²) in [7, 11) is 0. The van der Waals surface area contributed by atoms with Gasteiger partial charge in [-0.2, -0.15) is 0 Å². The number of hydrogen-bond acceptors (Lipinski definition) is 3. The number of hydrogen-bond donors (Lipinski definition) is 3. The topological polar surface area (TPSA) is 92.4 Å². The van der Waals surface area contributed by atoms with Gasteiger partial charge in [-0.3, -0.25) is 9.59 Å². The summed E-state index contributed by atoms with van der Waals surface area (Å²) in [5.74, 6) is -0.704. The van der Waals surface area contributed by atoms with Crippen molar-refractivity contribution in [3.05, 3.63) is 29.8 Å². The lowest BCUT2D eigenvalue weighted by Gasteiger charge is -2.10. The van der Waals surface area contributed by atoms with Crippen LogP contribution in [0.1, 0.15) is 30.9 Å². The number of carboxylic acids is 1. The lowest BCUT2D eigenvalue weighted by atomic mass is 10.0. The molecule has 1 fully saturated rings. The van der Waals surface area contributed by atoms with Crippen molar-refractivity contribution in [2.24, 2.45) is 11.7 Å². The molecule has 1 aliphatic rings. The fraction of sp³-hybridized carbons (Fsp3) is 0.385. The highest BCUT2D eigenvalue weighted by molar-refractivity contribution is 5.94. The molecule has 1 unspecified atom stereocenters. The maximum absolute atomic E-state index is 11.5. The average molecular weight is 248 g/mol. The molecule has 0 bridgehead atoms. The Hall–Kier alpha value is -1.88. The van der Waals surface area contributed by atoms with E-state index in [-0.39, 0.29) is 18.2 Å². The van der Waals surface area contributed by atoms with Gasteiger partial charge < -0.3 is 16.2 Å². The summed E-state index contributed by atoms with van der Waals surface area (Å²) in [6.07, 6.45) is 1.83. The van der Waals surface area contributed by atoms with E-state index < -0.39 is 12.0 Å². The smallest absolute Gasteiger partial charge is 0.305 e. The molecule has 0 radical (unpaired) electrons. The summed E-state index contributed by atoms with van der Waals surface area (Å²) in [5, 5.41) is 11.5. The first-order chi connectivity index (χ1) is 8.56. The van der Waals surface area contributed by atoms with Gasteiger partial charge in [0.15, 0.2) is 0 Å². The van der Waals surface area contributed by atoms with E-state index in [9.17, 15) is 9.59 Å². The molecule has 0 heterocycles. The summed E-state index contributed by atoms with van der Waals surface area (Å²) in [6.45, 7) is 0. The minimum Gasteiger partial charge on any atom is -0.481 e. The number of anilines is 1. The standard InChI is InChI=1S/C13H16N2O3/c14-11(7-12(16)17)8-3-5-10(6-4-8)15-13(18)9-1-2-9/h3-6,9,11H,1-2,7,14H2,(H,15,18)(H,16,17). The number of aliphatic carboxylic acids is 1. The van der Waals surface area contributed by atoms with Crippen LogP contribution < -0.4 is 11.1 Å². The van der Waals surface area contributed by atoms with E-state index in [1.165, 1.54) is 0 Å². The molecule has 0 aliphatic heterocycles. The first-order valence-corrected chi connectivity index (χ1v) is 5.94. The molecule has 0 saturated heterocycles. The van der Waals surface area contributed by atoms with Crippen LogP contribution in [0.15, 0.2) is 24.3 Å². The molecule has 96 valence electrons. The highest BCUT2D eigenvalue weighted by Crippen LogP contribution is 2.30. The Morgan fingerprint density at radius 1 is 1.33 bits per heavy atom. The van der Waals surface area contributed by atoms with Gasteiger partial charge >= 0.3 is 5.97 Å². The molecular weight excluding hydrogens is 232 g/mol. The Labute approximate surface area is 105 Å². The molecule has 1 amide bonds. The molecule has 2 rings (SSSR count). The van der Waals surface area contributed by atoms with Crippen molar-refractivity contribution in [2.75, 3.05) is 5.32 Å². The van der Waals surface area contributed by atoms with Gasteiger partial charge in [0, 0.05) is 17.6 Å². The van der Waals surface area contributed by atoms with Crippen molar-refractivity contribution in [3.8, 4) is 0 Å². The highest BCUT2D eigenvalue weighted by Gasteiger charge is 2.29. The first kappa shape index (κ1) is 12.6. The van der Waals surface area contributed by atoms with Crippen LogP contribution in [0.2, 0.25) is 0 Å². The maximum atomic E-state index is 11.5. The number of carboxylic acid groups (broad SMARTS) is 1. The number of carbonyl (C=O) groups is 2. The lowest BCUT2D eigenvalue weighted by Crippen LogP contribution is -2.16. The van der Waals surface area contributed by atoms with Crippen LogP contribution in [0, 0.1) is 5.92 Å². The summed E-state index contributed by atoms with van der Waals surface area (Å²) < 4.78 is 0. The average Bonchev–Trinajstić information content (AvgIpc) is 3.12. The zero-order valence-electron chi connectivity index (χ0n) is 9.93. The number of nitrogens with two attached hydrogens (primary N) is 1. The van der Waals surface area contributed by atoms with E-state index in [4.69, 9.17) is 10.8 Å². The monoisotopic (exact) mass is 248 g/mol. The second kappa shape index (κ2) is 5.18. The summed E-state index contributed by atoms with van der Waals surface area (Å²) in [5.41, 5.74) is 7.21. The molecule has 1 aromatic rings. The highest BCUT2D eigenvalue weighted by atomic mass is 16.4. The Balaban J connectivity index is 1.95. The number of amides is 1. The molecule has 0 aromatic heterocycles. The molecule has 0 spiro atoms. The van der Waals surface area contributed by atoms with Gasteiger partial charge in [0.2, 0.25) is 5.91 Å². The lowest BCUT2D eigenvalue weighted by molar-refractivity contribution is -0.137. The fourth-order valence-electron chi connectivity index (χ4n) is 1.71. The second-order valence-electron chi connectivity index (χ2n) is 4.59. The van der Waals surface area contributed by atoms with Crippen LogP contribution in [0.5, 0.6) is 0 Å². The summed E-state index contributed by atoms with van der Waals surface area (Å²) in [6, 6.07) is 6.47. The molecular formula is C13H16N2O3. The predicted molar refractivity (Wildman–Crippen MR) is 67.0 cm³/mol. The SMILES string of the molecule is NC(CC(=O)O)c1ccc(NC(=O)C2CC2)cc1. The Bertz CT molecular complexity index is 452. The minimum atomic E-state index is -0.923. The Kier molecular flexibility index (Phi) is 3.62. The number of nitrogens with one attached hydrogen (secondary N) is 1. The molecule has 5 heteroatoms. The van der Waals surface area contributed by atoms with Crippen LogP contribution in [-0.2, 0) is 9.59 Å². The van der Waals surface area contributed by atoms with Crippen LogP contribution in [0.3, 0.4) is 0 Å². The van der Waals surface area contributed by atoms with Gasteiger partial charge in [0.25, 0.3) is 0 Å². The zero-order valence-corrected chi connectivity index (χ0v) is 9.93. The van der Waals surface area contributed by atoms with Crippen molar-refractivity contribution in [2.45, 2.75) is 25.3 Å². The van der Waals surface area contributed by atoms with Crippen molar-refractivity contribution >= 4 is 17.6 Å². The Morgan fingerprint density at radius 3 is 2.44 bits per heavy atom. The quantitative estimate of drug-likeness (QED) is 0.736. The Morgan fingerprint density at radius 2 is 1.94 bits per heavy atom.